The molecule has 1 saturated carbocycles. The standard InChI is InChI=1S/C12H22N4O2S/c1-9-3-4-12(10(9)2)15-19(17,18)11-7-14-16(8-11)6-5-13/h7-10,12,15H,3-6,13H2,1-2H3. The van der Waals surface area contributed by atoms with Crippen LogP contribution >= 0.6 is 0 Å². The first-order valence-corrected chi connectivity index (χ1v) is 8.17. The molecule has 3 N–H and O–H groups in total. The quantitative estimate of drug-likeness (QED) is 0.827. The molecule has 0 aliphatic heterocycles. The second-order valence-corrected chi connectivity index (χ2v) is 7.08. The minimum absolute atomic E-state index is 0.0258. The lowest BCUT2D eigenvalue weighted by Crippen LogP contribution is -2.37. The van der Waals surface area contributed by atoms with Crippen molar-refractivity contribution in [2.45, 2.75) is 44.2 Å². The molecule has 0 bridgehead atoms. The van der Waals surface area contributed by atoms with Crippen molar-refractivity contribution < 1.29 is 8.42 Å². The van der Waals surface area contributed by atoms with Crippen molar-refractivity contribution in [3.63, 3.8) is 0 Å². The number of nitrogens with zero attached hydrogens (tertiary/aromatic N) is 2. The van der Waals surface area contributed by atoms with Gasteiger partial charge in [0.1, 0.15) is 4.90 Å². The summed E-state index contributed by atoms with van der Waals surface area (Å²) in [6.07, 6.45) is 4.87. The SMILES string of the molecule is CC1CCC(NS(=O)(=O)c2cnn(CCN)c2)C1C. The summed E-state index contributed by atoms with van der Waals surface area (Å²) in [6, 6.07) is 0.0258. The van der Waals surface area contributed by atoms with Crippen molar-refractivity contribution >= 4 is 10.0 Å². The van der Waals surface area contributed by atoms with Crippen LogP contribution in [0.4, 0.5) is 0 Å². The van der Waals surface area contributed by atoms with Crippen LogP contribution in [0.5, 0.6) is 0 Å². The van der Waals surface area contributed by atoms with Crippen molar-refractivity contribution in [2.75, 3.05) is 6.54 Å². The van der Waals surface area contributed by atoms with Gasteiger partial charge in [0, 0.05) is 18.8 Å². The van der Waals surface area contributed by atoms with E-state index in [0.29, 0.717) is 24.9 Å². The van der Waals surface area contributed by atoms with E-state index in [0.717, 1.165) is 12.8 Å². The Morgan fingerprint density at radius 2 is 2.21 bits per heavy atom. The Balaban J connectivity index is 2.09. The fraction of sp³-hybridized carbons (Fsp3) is 0.750. The predicted molar refractivity (Wildman–Crippen MR) is 73.0 cm³/mol. The van der Waals surface area contributed by atoms with E-state index >= 15 is 0 Å². The molecule has 0 spiro atoms. The van der Waals surface area contributed by atoms with E-state index in [-0.39, 0.29) is 10.9 Å². The van der Waals surface area contributed by atoms with E-state index < -0.39 is 10.0 Å². The Morgan fingerprint density at radius 1 is 1.47 bits per heavy atom. The van der Waals surface area contributed by atoms with E-state index in [1.807, 2.05) is 0 Å². The zero-order chi connectivity index (χ0) is 14.0. The van der Waals surface area contributed by atoms with Crippen LogP contribution in [0.3, 0.4) is 0 Å². The number of hydrogen-bond acceptors (Lipinski definition) is 4. The Labute approximate surface area is 114 Å². The van der Waals surface area contributed by atoms with Crippen molar-refractivity contribution in [2.24, 2.45) is 17.6 Å². The first kappa shape index (κ1) is 14.5. The molecule has 1 fully saturated rings. The molecule has 1 aliphatic carbocycles. The highest BCUT2D eigenvalue weighted by Gasteiger charge is 2.33. The van der Waals surface area contributed by atoms with Gasteiger partial charge in [0.2, 0.25) is 10.0 Å². The van der Waals surface area contributed by atoms with Gasteiger partial charge in [-0.05, 0) is 24.7 Å². The smallest absolute Gasteiger partial charge is 0.243 e. The molecule has 0 saturated heterocycles. The lowest BCUT2D eigenvalue weighted by atomic mass is 9.98. The highest BCUT2D eigenvalue weighted by molar-refractivity contribution is 7.89. The Kier molecular flexibility index (Phi) is 4.27. The topological polar surface area (TPSA) is 90.0 Å². The molecule has 1 aliphatic rings. The number of aromatic nitrogens is 2. The van der Waals surface area contributed by atoms with Gasteiger partial charge in [-0.15, -0.1) is 0 Å². The fourth-order valence-electron chi connectivity index (χ4n) is 2.54. The third-order valence-electron chi connectivity index (χ3n) is 4.05. The van der Waals surface area contributed by atoms with Crippen LogP contribution in [-0.4, -0.2) is 30.8 Å². The van der Waals surface area contributed by atoms with Gasteiger partial charge in [0.15, 0.2) is 0 Å². The minimum atomic E-state index is -3.47. The van der Waals surface area contributed by atoms with Crippen LogP contribution in [0.1, 0.15) is 26.7 Å². The first-order chi connectivity index (χ1) is 8.94. The normalized spacial score (nSPS) is 27.8. The van der Waals surface area contributed by atoms with Gasteiger partial charge in [-0.3, -0.25) is 4.68 Å². The average Bonchev–Trinajstić information content (AvgIpc) is 2.92. The molecule has 19 heavy (non-hydrogen) atoms. The summed E-state index contributed by atoms with van der Waals surface area (Å²) in [7, 11) is -3.47. The molecule has 108 valence electrons. The Morgan fingerprint density at radius 3 is 2.79 bits per heavy atom. The maximum atomic E-state index is 12.3. The summed E-state index contributed by atoms with van der Waals surface area (Å²) in [6.45, 7) is 5.22. The Bertz CT molecular complexity index is 526. The largest absolute Gasteiger partial charge is 0.329 e. The van der Waals surface area contributed by atoms with Crippen LogP contribution in [-0.2, 0) is 16.6 Å². The number of rotatable bonds is 5. The molecule has 2 rings (SSSR count). The molecule has 1 aromatic heterocycles. The molecule has 0 amide bonds. The van der Waals surface area contributed by atoms with Gasteiger partial charge < -0.3 is 5.73 Å². The van der Waals surface area contributed by atoms with Gasteiger partial charge in [-0.2, -0.15) is 5.10 Å². The summed E-state index contributed by atoms with van der Waals surface area (Å²) in [5.74, 6) is 0.932. The maximum Gasteiger partial charge on any atom is 0.243 e. The van der Waals surface area contributed by atoms with E-state index in [1.165, 1.54) is 12.4 Å². The van der Waals surface area contributed by atoms with Crippen LogP contribution in [0.25, 0.3) is 0 Å². The monoisotopic (exact) mass is 286 g/mol. The second-order valence-electron chi connectivity index (χ2n) is 5.37. The van der Waals surface area contributed by atoms with Gasteiger partial charge in [-0.25, -0.2) is 13.1 Å². The zero-order valence-electron chi connectivity index (χ0n) is 11.4. The van der Waals surface area contributed by atoms with Gasteiger partial charge in [0.25, 0.3) is 0 Å². The number of nitrogens with two attached hydrogens (primary N) is 1. The van der Waals surface area contributed by atoms with Crippen LogP contribution in [0.15, 0.2) is 17.3 Å². The molecule has 0 radical (unpaired) electrons. The maximum absolute atomic E-state index is 12.3. The van der Waals surface area contributed by atoms with Gasteiger partial charge in [-0.1, -0.05) is 13.8 Å². The fourth-order valence-corrected chi connectivity index (χ4v) is 3.85. The highest BCUT2D eigenvalue weighted by atomic mass is 32.2. The lowest BCUT2D eigenvalue weighted by molar-refractivity contribution is 0.402. The number of nitrogens with one attached hydrogen (secondary N) is 1. The van der Waals surface area contributed by atoms with Crippen molar-refractivity contribution in [1.29, 1.82) is 0 Å². The molecular formula is C12H22N4O2S. The summed E-state index contributed by atoms with van der Waals surface area (Å²) >= 11 is 0. The molecule has 7 heteroatoms. The first-order valence-electron chi connectivity index (χ1n) is 6.69. The third-order valence-corrected chi connectivity index (χ3v) is 5.49. The van der Waals surface area contributed by atoms with Crippen LogP contribution in [0, 0.1) is 11.8 Å². The minimum Gasteiger partial charge on any atom is -0.329 e. The van der Waals surface area contributed by atoms with Crippen LogP contribution < -0.4 is 10.5 Å². The van der Waals surface area contributed by atoms with E-state index in [2.05, 4.69) is 23.7 Å². The molecule has 1 aromatic rings. The second kappa shape index (κ2) is 5.60. The van der Waals surface area contributed by atoms with Gasteiger partial charge in [0.05, 0.1) is 12.7 Å². The molecule has 6 nitrogen and oxygen atoms in total. The Hall–Kier alpha value is -0.920. The van der Waals surface area contributed by atoms with Crippen molar-refractivity contribution in [3.05, 3.63) is 12.4 Å². The number of sulfonamides is 1. The number of hydrogen-bond donors (Lipinski definition) is 2. The molecule has 3 unspecified atom stereocenters. The summed E-state index contributed by atoms with van der Waals surface area (Å²) in [4.78, 5) is 0.215. The van der Waals surface area contributed by atoms with E-state index in [1.54, 1.807) is 4.68 Å². The molecule has 3 atom stereocenters. The average molecular weight is 286 g/mol. The van der Waals surface area contributed by atoms with E-state index in [4.69, 9.17) is 5.73 Å². The highest BCUT2D eigenvalue weighted by Crippen LogP contribution is 2.31. The van der Waals surface area contributed by atoms with Crippen LogP contribution in [0.2, 0.25) is 0 Å². The summed E-state index contributed by atoms with van der Waals surface area (Å²) in [5, 5.41) is 4.00. The lowest BCUT2D eigenvalue weighted by Gasteiger charge is -2.19. The predicted octanol–water partition coefficient (Wildman–Crippen LogP) is 0.555. The summed E-state index contributed by atoms with van der Waals surface area (Å²) < 4.78 is 28.9. The zero-order valence-corrected chi connectivity index (χ0v) is 12.2. The van der Waals surface area contributed by atoms with Gasteiger partial charge >= 0.3 is 0 Å². The van der Waals surface area contributed by atoms with E-state index in [9.17, 15) is 8.42 Å². The molecular weight excluding hydrogens is 264 g/mol. The third kappa shape index (κ3) is 3.16. The molecule has 1 heterocycles. The molecule has 0 aromatic carbocycles. The van der Waals surface area contributed by atoms with Crippen molar-refractivity contribution in [1.82, 2.24) is 14.5 Å². The van der Waals surface area contributed by atoms with Crippen molar-refractivity contribution in [3.8, 4) is 0 Å². The summed E-state index contributed by atoms with van der Waals surface area (Å²) in [5.41, 5.74) is 5.42.